The summed E-state index contributed by atoms with van der Waals surface area (Å²) in [4.78, 5) is 29.4. The van der Waals surface area contributed by atoms with Gasteiger partial charge in [-0.1, -0.05) is 0 Å². The highest BCUT2D eigenvalue weighted by atomic mass is 19.1. The van der Waals surface area contributed by atoms with E-state index in [9.17, 15) is 14.0 Å². The molecule has 2 saturated heterocycles. The van der Waals surface area contributed by atoms with E-state index >= 15 is 0 Å². The van der Waals surface area contributed by atoms with Crippen LogP contribution in [0, 0.1) is 5.82 Å². The third-order valence-electron chi connectivity index (χ3n) is 4.28. The highest BCUT2D eigenvalue weighted by molar-refractivity contribution is 5.94. The molecule has 0 N–H and O–H groups in total. The maximum Gasteiger partial charge on any atom is 0.409 e. The van der Waals surface area contributed by atoms with Gasteiger partial charge in [0.15, 0.2) is 0 Å². The van der Waals surface area contributed by atoms with Crippen molar-refractivity contribution >= 4 is 12.0 Å². The zero-order valence-electron chi connectivity index (χ0n) is 12.9. The average molecular weight is 321 g/mol. The first kappa shape index (κ1) is 15.7. The Kier molecular flexibility index (Phi) is 4.76. The van der Waals surface area contributed by atoms with Gasteiger partial charge in [0, 0.05) is 44.8 Å². The van der Waals surface area contributed by atoms with Crippen LogP contribution in [0.2, 0.25) is 0 Å². The fourth-order valence-electron chi connectivity index (χ4n) is 2.84. The summed E-state index contributed by atoms with van der Waals surface area (Å²) in [5.74, 6) is -0.403. The van der Waals surface area contributed by atoms with E-state index in [0.717, 1.165) is 19.6 Å². The van der Waals surface area contributed by atoms with Gasteiger partial charge in [0.1, 0.15) is 12.4 Å². The van der Waals surface area contributed by atoms with Gasteiger partial charge < -0.3 is 14.5 Å². The SMILES string of the molecule is O=C1OCCN1CCN1CCN(C(=O)c2ccc(F)cc2)CC1. The van der Waals surface area contributed by atoms with Crippen LogP contribution in [-0.4, -0.2) is 79.1 Å². The van der Waals surface area contributed by atoms with Gasteiger partial charge in [-0.05, 0) is 24.3 Å². The van der Waals surface area contributed by atoms with Gasteiger partial charge in [0.05, 0.1) is 6.54 Å². The molecule has 1 aromatic rings. The number of piperazine rings is 1. The number of cyclic esters (lactones) is 1. The first-order valence-electron chi connectivity index (χ1n) is 7.82. The Balaban J connectivity index is 1.45. The minimum Gasteiger partial charge on any atom is -0.448 e. The van der Waals surface area contributed by atoms with E-state index in [1.807, 2.05) is 0 Å². The number of halogens is 1. The van der Waals surface area contributed by atoms with Crippen LogP contribution in [0.25, 0.3) is 0 Å². The molecule has 2 fully saturated rings. The number of benzene rings is 1. The standard InChI is InChI=1S/C16H20FN3O3/c17-14-3-1-13(2-4-14)15(21)19-8-5-18(6-9-19)7-10-20-11-12-23-16(20)22/h1-4H,5-12H2. The van der Waals surface area contributed by atoms with E-state index in [1.54, 1.807) is 9.80 Å². The van der Waals surface area contributed by atoms with E-state index in [1.165, 1.54) is 24.3 Å². The van der Waals surface area contributed by atoms with Gasteiger partial charge >= 0.3 is 6.09 Å². The van der Waals surface area contributed by atoms with Crippen molar-refractivity contribution in [1.29, 1.82) is 0 Å². The number of ether oxygens (including phenoxy) is 1. The van der Waals surface area contributed by atoms with E-state index in [-0.39, 0.29) is 17.8 Å². The molecule has 124 valence electrons. The van der Waals surface area contributed by atoms with Gasteiger partial charge in [-0.25, -0.2) is 9.18 Å². The molecule has 0 saturated carbocycles. The summed E-state index contributed by atoms with van der Waals surface area (Å²) in [5.41, 5.74) is 0.514. The van der Waals surface area contributed by atoms with Crippen molar-refractivity contribution in [2.24, 2.45) is 0 Å². The predicted molar refractivity (Wildman–Crippen MR) is 81.7 cm³/mol. The molecule has 2 aliphatic rings. The zero-order valence-corrected chi connectivity index (χ0v) is 12.9. The van der Waals surface area contributed by atoms with E-state index in [2.05, 4.69) is 4.90 Å². The summed E-state index contributed by atoms with van der Waals surface area (Å²) in [5, 5.41) is 0. The van der Waals surface area contributed by atoms with Crippen LogP contribution >= 0.6 is 0 Å². The number of carbonyl (C=O) groups excluding carboxylic acids is 2. The van der Waals surface area contributed by atoms with Crippen molar-refractivity contribution in [3.8, 4) is 0 Å². The lowest BCUT2D eigenvalue weighted by molar-refractivity contribution is 0.0629. The molecular weight excluding hydrogens is 301 g/mol. The smallest absolute Gasteiger partial charge is 0.409 e. The Bertz CT molecular complexity index is 570. The van der Waals surface area contributed by atoms with Gasteiger partial charge in [0.2, 0.25) is 0 Å². The normalized spacial score (nSPS) is 19.1. The van der Waals surface area contributed by atoms with Crippen LogP contribution in [0.1, 0.15) is 10.4 Å². The Hall–Kier alpha value is -2.15. The van der Waals surface area contributed by atoms with Crippen LogP contribution in [-0.2, 0) is 4.74 Å². The van der Waals surface area contributed by atoms with Crippen molar-refractivity contribution in [2.75, 3.05) is 52.4 Å². The van der Waals surface area contributed by atoms with Crippen LogP contribution in [0.3, 0.4) is 0 Å². The molecule has 1 aromatic carbocycles. The first-order chi connectivity index (χ1) is 11.1. The molecule has 6 nitrogen and oxygen atoms in total. The minimum absolute atomic E-state index is 0.0622. The third kappa shape index (κ3) is 3.79. The molecular formula is C16H20FN3O3. The van der Waals surface area contributed by atoms with E-state index < -0.39 is 0 Å². The molecule has 0 spiro atoms. The second-order valence-corrected chi connectivity index (χ2v) is 5.74. The molecule has 0 atom stereocenters. The quantitative estimate of drug-likeness (QED) is 0.831. The molecule has 0 aliphatic carbocycles. The molecule has 2 heterocycles. The highest BCUT2D eigenvalue weighted by Gasteiger charge is 2.25. The van der Waals surface area contributed by atoms with Crippen LogP contribution in [0.5, 0.6) is 0 Å². The van der Waals surface area contributed by atoms with Gasteiger partial charge in [-0.2, -0.15) is 0 Å². The van der Waals surface area contributed by atoms with Crippen LogP contribution in [0.15, 0.2) is 24.3 Å². The predicted octanol–water partition coefficient (Wildman–Crippen LogP) is 1.04. The van der Waals surface area contributed by atoms with Crippen molar-refractivity contribution in [3.05, 3.63) is 35.6 Å². The topological polar surface area (TPSA) is 53.1 Å². The van der Waals surface area contributed by atoms with Crippen molar-refractivity contribution < 1.29 is 18.7 Å². The summed E-state index contributed by atoms with van der Waals surface area (Å²) < 4.78 is 17.8. The zero-order chi connectivity index (χ0) is 16.2. The fourth-order valence-corrected chi connectivity index (χ4v) is 2.84. The maximum atomic E-state index is 12.9. The fraction of sp³-hybridized carbons (Fsp3) is 0.500. The summed E-state index contributed by atoms with van der Waals surface area (Å²) in [7, 11) is 0. The van der Waals surface area contributed by atoms with Crippen molar-refractivity contribution in [3.63, 3.8) is 0 Å². The molecule has 7 heteroatoms. The summed E-state index contributed by atoms with van der Waals surface area (Å²) >= 11 is 0. The molecule has 2 amide bonds. The Morgan fingerprint density at radius 1 is 1.04 bits per heavy atom. The maximum absolute atomic E-state index is 12.9. The van der Waals surface area contributed by atoms with Crippen LogP contribution < -0.4 is 0 Å². The first-order valence-corrected chi connectivity index (χ1v) is 7.82. The van der Waals surface area contributed by atoms with Gasteiger partial charge in [0.25, 0.3) is 5.91 Å². The summed E-state index contributed by atoms with van der Waals surface area (Å²) in [6.07, 6.45) is -0.241. The van der Waals surface area contributed by atoms with Crippen molar-refractivity contribution in [1.82, 2.24) is 14.7 Å². The Morgan fingerprint density at radius 2 is 1.74 bits per heavy atom. The van der Waals surface area contributed by atoms with E-state index in [0.29, 0.717) is 38.3 Å². The number of rotatable bonds is 4. The number of hydrogen-bond acceptors (Lipinski definition) is 4. The average Bonchev–Trinajstić information content (AvgIpc) is 2.99. The second-order valence-electron chi connectivity index (χ2n) is 5.74. The lowest BCUT2D eigenvalue weighted by Crippen LogP contribution is -2.50. The third-order valence-corrected chi connectivity index (χ3v) is 4.28. The Morgan fingerprint density at radius 3 is 2.35 bits per heavy atom. The largest absolute Gasteiger partial charge is 0.448 e. The monoisotopic (exact) mass is 321 g/mol. The number of amides is 2. The number of hydrogen-bond donors (Lipinski definition) is 0. The van der Waals surface area contributed by atoms with E-state index in [4.69, 9.17) is 4.74 Å². The molecule has 23 heavy (non-hydrogen) atoms. The van der Waals surface area contributed by atoms with Gasteiger partial charge in [-0.15, -0.1) is 0 Å². The lowest BCUT2D eigenvalue weighted by Gasteiger charge is -2.35. The highest BCUT2D eigenvalue weighted by Crippen LogP contribution is 2.10. The number of carbonyl (C=O) groups is 2. The Labute approximate surface area is 134 Å². The molecule has 0 unspecified atom stereocenters. The van der Waals surface area contributed by atoms with Gasteiger partial charge in [-0.3, -0.25) is 9.69 Å². The summed E-state index contributed by atoms with van der Waals surface area (Å²) in [6, 6.07) is 5.64. The molecule has 3 rings (SSSR count). The second kappa shape index (κ2) is 6.95. The van der Waals surface area contributed by atoms with Crippen LogP contribution in [0.4, 0.5) is 9.18 Å². The summed E-state index contributed by atoms with van der Waals surface area (Å²) in [6.45, 7) is 5.39. The number of nitrogens with zero attached hydrogens (tertiary/aromatic N) is 3. The molecule has 2 aliphatic heterocycles. The molecule has 0 bridgehead atoms. The molecule has 0 aromatic heterocycles. The molecule has 0 radical (unpaired) electrons. The minimum atomic E-state index is -0.341. The lowest BCUT2D eigenvalue weighted by atomic mass is 10.2. The van der Waals surface area contributed by atoms with Crippen molar-refractivity contribution in [2.45, 2.75) is 0 Å².